The van der Waals surface area contributed by atoms with Gasteiger partial charge in [0.2, 0.25) is 5.91 Å². The van der Waals surface area contributed by atoms with Gasteiger partial charge in [0.05, 0.1) is 12.6 Å². The molecule has 1 fully saturated rings. The first kappa shape index (κ1) is 15.2. The lowest BCUT2D eigenvalue weighted by Crippen LogP contribution is -2.36. The zero-order valence-corrected chi connectivity index (χ0v) is 13.9. The van der Waals surface area contributed by atoms with Crippen molar-refractivity contribution in [3.05, 3.63) is 59.4 Å². The van der Waals surface area contributed by atoms with E-state index in [0.29, 0.717) is 6.54 Å². The number of carbonyl (C=O) groups is 1. The number of aromatic nitrogens is 1. The van der Waals surface area contributed by atoms with Crippen LogP contribution in [0.4, 0.5) is 0 Å². The van der Waals surface area contributed by atoms with Crippen molar-refractivity contribution >= 4 is 5.91 Å². The second kappa shape index (κ2) is 6.27. The topological polar surface area (TPSA) is 42.4 Å². The molecule has 1 saturated carbocycles. The van der Waals surface area contributed by atoms with Gasteiger partial charge in [0.15, 0.2) is 0 Å². The van der Waals surface area contributed by atoms with Crippen molar-refractivity contribution in [3.8, 4) is 5.75 Å². The molecule has 0 bridgehead atoms. The molecular formula is C20H22N2O2. The number of rotatable bonds is 5. The molecule has 1 amide bonds. The van der Waals surface area contributed by atoms with Gasteiger partial charge < -0.3 is 9.64 Å². The van der Waals surface area contributed by atoms with E-state index in [1.807, 2.05) is 23.2 Å². The number of hydrogen-bond donors (Lipinski definition) is 0. The van der Waals surface area contributed by atoms with Crippen LogP contribution in [0.15, 0.2) is 42.7 Å². The number of benzene rings is 1. The summed E-state index contributed by atoms with van der Waals surface area (Å²) in [5, 5.41) is 0. The average molecular weight is 322 g/mol. The van der Waals surface area contributed by atoms with Gasteiger partial charge in [-0.15, -0.1) is 0 Å². The molecule has 4 rings (SSSR count). The standard InChI is InChI=1S/C20H22N2O2/c1-2-22(20(23)14-5-6-14)19(17-4-3-10-21-13-17)16-7-8-18-15(12-16)9-11-24-18/h3-4,7-8,10,12-14,19H,2,5-6,9,11H2,1H3/t19-/m1/s1. The molecule has 2 heterocycles. The minimum Gasteiger partial charge on any atom is -0.493 e. The van der Waals surface area contributed by atoms with Crippen LogP contribution in [0, 0.1) is 5.92 Å². The van der Waals surface area contributed by atoms with Crippen molar-refractivity contribution in [2.24, 2.45) is 5.92 Å². The first-order chi connectivity index (χ1) is 11.8. The summed E-state index contributed by atoms with van der Waals surface area (Å²) in [7, 11) is 0. The van der Waals surface area contributed by atoms with Crippen LogP contribution in [0.2, 0.25) is 0 Å². The molecule has 1 aliphatic carbocycles. The van der Waals surface area contributed by atoms with Gasteiger partial charge in [-0.1, -0.05) is 12.1 Å². The molecule has 0 N–H and O–H groups in total. The van der Waals surface area contributed by atoms with Gasteiger partial charge in [0.1, 0.15) is 5.75 Å². The predicted molar refractivity (Wildman–Crippen MR) is 91.8 cm³/mol. The summed E-state index contributed by atoms with van der Waals surface area (Å²) in [4.78, 5) is 19.1. The molecule has 124 valence electrons. The van der Waals surface area contributed by atoms with Crippen molar-refractivity contribution in [1.29, 1.82) is 0 Å². The summed E-state index contributed by atoms with van der Waals surface area (Å²) >= 11 is 0. The zero-order valence-electron chi connectivity index (χ0n) is 13.9. The first-order valence-corrected chi connectivity index (χ1v) is 8.74. The van der Waals surface area contributed by atoms with E-state index in [1.165, 1.54) is 5.56 Å². The average Bonchev–Trinajstić information content (AvgIpc) is 3.37. The van der Waals surface area contributed by atoms with Gasteiger partial charge in [-0.3, -0.25) is 9.78 Å². The number of carbonyl (C=O) groups excluding carboxylic acids is 1. The third-order valence-electron chi connectivity index (χ3n) is 4.89. The van der Waals surface area contributed by atoms with Crippen LogP contribution in [-0.2, 0) is 11.2 Å². The van der Waals surface area contributed by atoms with E-state index in [-0.39, 0.29) is 17.9 Å². The van der Waals surface area contributed by atoms with Crippen molar-refractivity contribution in [3.63, 3.8) is 0 Å². The predicted octanol–water partition coefficient (Wildman–Crippen LogP) is 3.36. The lowest BCUT2D eigenvalue weighted by atomic mass is 9.95. The van der Waals surface area contributed by atoms with E-state index in [4.69, 9.17) is 4.74 Å². The third-order valence-corrected chi connectivity index (χ3v) is 4.89. The van der Waals surface area contributed by atoms with Gasteiger partial charge in [-0.2, -0.15) is 0 Å². The quantitative estimate of drug-likeness (QED) is 0.847. The molecule has 0 saturated heterocycles. The maximum Gasteiger partial charge on any atom is 0.226 e. The Balaban J connectivity index is 1.76. The number of fused-ring (bicyclic) bond motifs is 1. The summed E-state index contributed by atoms with van der Waals surface area (Å²) in [6.07, 6.45) is 6.62. The SMILES string of the molecule is CCN(C(=O)C1CC1)[C@@H](c1cccnc1)c1ccc2c(c1)CCO2. The van der Waals surface area contributed by atoms with Crippen molar-refractivity contribution in [1.82, 2.24) is 9.88 Å². The number of pyridine rings is 1. The minimum atomic E-state index is -0.0808. The molecule has 4 heteroatoms. The molecule has 4 nitrogen and oxygen atoms in total. The normalized spacial score (nSPS) is 17.0. The fourth-order valence-corrected chi connectivity index (χ4v) is 3.50. The second-order valence-corrected chi connectivity index (χ2v) is 6.55. The number of hydrogen-bond acceptors (Lipinski definition) is 3. The fourth-order valence-electron chi connectivity index (χ4n) is 3.50. The molecule has 1 aliphatic heterocycles. The molecule has 2 aromatic rings. The summed E-state index contributed by atoms with van der Waals surface area (Å²) in [5.41, 5.74) is 3.44. The van der Waals surface area contributed by atoms with Crippen LogP contribution in [0.25, 0.3) is 0 Å². The Kier molecular flexibility index (Phi) is 3.97. The van der Waals surface area contributed by atoms with Crippen LogP contribution >= 0.6 is 0 Å². The van der Waals surface area contributed by atoms with Crippen LogP contribution in [-0.4, -0.2) is 28.9 Å². The summed E-state index contributed by atoms with van der Waals surface area (Å²) < 4.78 is 5.63. The number of nitrogens with zero attached hydrogens (tertiary/aromatic N) is 2. The van der Waals surface area contributed by atoms with E-state index in [1.54, 1.807) is 6.20 Å². The van der Waals surface area contributed by atoms with Crippen LogP contribution in [0.5, 0.6) is 5.75 Å². The van der Waals surface area contributed by atoms with Crippen molar-refractivity contribution in [2.45, 2.75) is 32.2 Å². The molecule has 0 spiro atoms. The highest BCUT2D eigenvalue weighted by Gasteiger charge is 2.37. The van der Waals surface area contributed by atoms with Crippen molar-refractivity contribution in [2.75, 3.05) is 13.2 Å². The molecule has 1 aromatic heterocycles. The molecule has 1 aromatic carbocycles. The lowest BCUT2D eigenvalue weighted by Gasteiger charge is -2.32. The van der Waals surface area contributed by atoms with Gasteiger partial charge >= 0.3 is 0 Å². The summed E-state index contributed by atoms with van der Waals surface area (Å²) in [6, 6.07) is 10.2. The summed E-state index contributed by atoms with van der Waals surface area (Å²) in [5.74, 6) is 1.45. The maximum absolute atomic E-state index is 12.8. The Labute approximate surface area is 142 Å². The van der Waals surface area contributed by atoms with Crippen molar-refractivity contribution < 1.29 is 9.53 Å². The van der Waals surface area contributed by atoms with Crippen LogP contribution in [0.1, 0.15) is 42.5 Å². The molecular weight excluding hydrogens is 300 g/mol. The summed E-state index contributed by atoms with van der Waals surface area (Å²) in [6.45, 7) is 3.50. The van der Waals surface area contributed by atoms with Gasteiger partial charge in [-0.25, -0.2) is 0 Å². The lowest BCUT2D eigenvalue weighted by molar-refractivity contribution is -0.134. The minimum absolute atomic E-state index is 0.0808. The smallest absolute Gasteiger partial charge is 0.226 e. The van der Waals surface area contributed by atoms with Gasteiger partial charge in [0.25, 0.3) is 0 Å². The van der Waals surface area contributed by atoms with Crippen LogP contribution in [0.3, 0.4) is 0 Å². The van der Waals surface area contributed by atoms with E-state index < -0.39 is 0 Å². The number of ether oxygens (including phenoxy) is 1. The highest BCUT2D eigenvalue weighted by Crippen LogP contribution is 2.38. The Morgan fingerprint density at radius 2 is 2.21 bits per heavy atom. The second-order valence-electron chi connectivity index (χ2n) is 6.55. The Morgan fingerprint density at radius 3 is 2.92 bits per heavy atom. The fraction of sp³-hybridized carbons (Fsp3) is 0.400. The molecule has 0 radical (unpaired) electrons. The Bertz CT molecular complexity index is 741. The highest BCUT2D eigenvalue weighted by molar-refractivity contribution is 5.82. The number of amides is 1. The van der Waals surface area contributed by atoms with E-state index >= 15 is 0 Å². The molecule has 0 unspecified atom stereocenters. The molecule has 24 heavy (non-hydrogen) atoms. The first-order valence-electron chi connectivity index (χ1n) is 8.74. The van der Waals surface area contributed by atoms with E-state index in [0.717, 1.165) is 42.7 Å². The Morgan fingerprint density at radius 1 is 1.33 bits per heavy atom. The highest BCUT2D eigenvalue weighted by atomic mass is 16.5. The largest absolute Gasteiger partial charge is 0.493 e. The monoisotopic (exact) mass is 322 g/mol. The third kappa shape index (κ3) is 2.77. The molecule has 2 aliphatic rings. The van der Waals surface area contributed by atoms with Gasteiger partial charge in [0, 0.05) is 31.3 Å². The van der Waals surface area contributed by atoms with E-state index in [2.05, 4.69) is 30.1 Å². The zero-order chi connectivity index (χ0) is 16.5. The maximum atomic E-state index is 12.8. The van der Waals surface area contributed by atoms with E-state index in [9.17, 15) is 4.79 Å². The van der Waals surface area contributed by atoms with Gasteiger partial charge in [-0.05, 0) is 54.7 Å². The van der Waals surface area contributed by atoms with Crippen LogP contribution < -0.4 is 4.74 Å². The molecule has 1 atom stereocenters. The Hall–Kier alpha value is -2.36.